The molecule has 0 rings (SSSR count). The number of esters is 2. The van der Waals surface area contributed by atoms with Gasteiger partial charge in [-0.3, -0.25) is 0 Å². The molecule has 0 atom stereocenters. The van der Waals surface area contributed by atoms with Crippen molar-refractivity contribution in [3.05, 3.63) is 11.6 Å². The van der Waals surface area contributed by atoms with Crippen LogP contribution in [0.2, 0.25) is 0 Å². The van der Waals surface area contributed by atoms with E-state index >= 15 is 0 Å². The zero-order valence-corrected chi connectivity index (χ0v) is 14.0. The van der Waals surface area contributed by atoms with E-state index in [4.69, 9.17) is 9.47 Å². The summed E-state index contributed by atoms with van der Waals surface area (Å²) >= 11 is 0. The largest absolute Gasteiger partial charge is 0.456 e. The summed E-state index contributed by atoms with van der Waals surface area (Å²) in [6, 6.07) is 0. The lowest BCUT2D eigenvalue weighted by Crippen LogP contribution is -2.31. The van der Waals surface area contributed by atoms with Gasteiger partial charge >= 0.3 is 11.9 Å². The third-order valence-corrected chi connectivity index (χ3v) is 2.03. The van der Waals surface area contributed by atoms with Gasteiger partial charge in [-0.05, 0) is 53.9 Å². The highest BCUT2D eigenvalue weighted by molar-refractivity contribution is 6.14. The number of hydrogen-bond acceptors (Lipinski definition) is 4. The molecule has 0 fully saturated rings. The summed E-state index contributed by atoms with van der Waals surface area (Å²) < 4.78 is 10.5. The van der Waals surface area contributed by atoms with Crippen LogP contribution in [0.4, 0.5) is 0 Å². The van der Waals surface area contributed by atoms with Crippen LogP contribution in [0.25, 0.3) is 0 Å². The first kappa shape index (κ1) is 18.7. The molecule has 0 aliphatic heterocycles. The molecule has 0 saturated carbocycles. The van der Waals surface area contributed by atoms with Crippen LogP contribution in [0.5, 0.6) is 0 Å². The minimum absolute atomic E-state index is 0.0245. The molecule has 0 radical (unpaired) electrons. The van der Waals surface area contributed by atoms with Crippen LogP contribution in [0, 0.1) is 5.92 Å². The lowest BCUT2D eigenvalue weighted by atomic mass is 10.1. The van der Waals surface area contributed by atoms with E-state index in [1.165, 1.54) is 0 Å². The van der Waals surface area contributed by atoms with Crippen LogP contribution >= 0.6 is 0 Å². The van der Waals surface area contributed by atoms with Crippen molar-refractivity contribution in [2.75, 3.05) is 0 Å². The third-order valence-electron chi connectivity index (χ3n) is 2.03. The Morgan fingerprint density at radius 2 is 1.25 bits per heavy atom. The van der Waals surface area contributed by atoms with Gasteiger partial charge in [0.05, 0.1) is 0 Å². The molecule has 0 bridgehead atoms. The van der Waals surface area contributed by atoms with Gasteiger partial charge in [-0.15, -0.1) is 0 Å². The molecular formula is C16H28O4. The molecule has 116 valence electrons. The Labute approximate surface area is 122 Å². The number of carbonyl (C=O) groups is 2. The first-order valence-corrected chi connectivity index (χ1v) is 6.98. The predicted octanol–water partition coefficient (Wildman–Crippen LogP) is 3.64. The van der Waals surface area contributed by atoms with E-state index in [2.05, 4.69) is 0 Å². The summed E-state index contributed by atoms with van der Waals surface area (Å²) in [6.45, 7) is 14.6. The Balaban J connectivity index is 5.14. The standard InChI is InChI=1S/C16H28O4/c1-11(2)9-10-12(13(17)19-15(3,4)5)14(18)20-16(6,7)8/h10-11H,9H2,1-8H3. The first-order chi connectivity index (χ1) is 8.82. The molecule has 20 heavy (non-hydrogen) atoms. The predicted molar refractivity (Wildman–Crippen MR) is 79.2 cm³/mol. The lowest BCUT2D eigenvalue weighted by Gasteiger charge is -2.23. The first-order valence-electron chi connectivity index (χ1n) is 6.98. The van der Waals surface area contributed by atoms with E-state index in [0.717, 1.165) is 0 Å². The Hall–Kier alpha value is -1.32. The van der Waals surface area contributed by atoms with Crippen molar-refractivity contribution in [1.82, 2.24) is 0 Å². The van der Waals surface area contributed by atoms with Gasteiger partial charge in [-0.2, -0.15) is 0 Å². The molecule has 0 unspecified atom stereocenters. The fraction of sp³-hybridized carbons (Fsp3) is 0.750. The van der Waals surface area contributed by atoms with Crippen molar-refractivity contribution in [2.45, 2.75) is 73.0 Å². The van der Waals surface area contributed by atoms with E-state index in [-0.39, 0.29) is 5.57 Å². The SMILES string of the molecule is CC(C)CC=C(C(=O)OC(C)(C)C)C(=O)OC(C)(C)C. The molecule has 0 N–H and O–H groups in total. The van der Waals surface area contributed by atoms with Crippen molar-refractivity contribution in [3.8, 4) is 0 Å². The van der Waals surface area contributed by atoms with Crippen LogP contribution in [0.1, 0.15) is 61.8 Å². The molecule has 4 heteroatoms. The summed E-state index contributed by atoms with van der Waals surface area (Å²) in [7, 11) is 0. The molecule has 0 aliphatic carbocycles. The van der Waals surface area contributed by atoms with Crippen molar-refractivity contribution < 1.29 is 19.1 Å². The van der Waals surface area contributed by atoms with Crippen molar-refractivity contribution in [3.63, 3.8) is 0 Å². The molecule has 0 heterocycles. The summed E-state index contributed by atoms with van der Waals surface area (Å²) in [5.41, 5.74) is -1.31. The van der Waals surface area contributed by atoms with Crippen LogP contribution in [-0.2, 0) is 19.1 Å². The van der Waals surface area contributed by atoms with Crippen LogP contribution in [0.3, 0.4) is 0 Å². The topological polar surface area (TPSA) is 52.6 Å². The van der Waals surface area contributed by atoms with E-state index in [0.29, 0.717) is 12.3 Å². The lowest BCUT2D eigenvalue weighted by molar-refractivity contribution is -0.158. The maximum atomic E-state index is 12.1. The van der Waals surface area contributed by atoms with Crippen molar-refractivity contribution in [2.24, 2.45) is 5.92 Å². The molecule has 0 aromatic carbocycles. The second kappa shape index (κ2) is 6.91. The fourth-order valence-corrected chi connectivity index (χ4v) is 1.27. The number of carbonyl (C=O) groups excluding carboxylic acids is 2. The Morgan fingerprint density at radius 3 is 1.50 bits per heavy atom. The van der Waals surface area contributed by atoms with E-state index < -0.39 is 23.1 Å². The summed E-state index contributed by atoms with van der Waals surface area (Å²) in [6.07, 6.45) is 2.22. The van der Waals surface area contributed by atoms with Crippen LogP contribution in [0.15, 0.2) is 11.6 Å². The van der Waals surface area contributed by atoms with Gasteiger partial charge in [-0.1, -0.05) is 19.9 Å². The van der Waals surface area contributed by atoms with E-state index in [1.54, 1.807) is 47.6 Å². The molecule has 0 saturated heterocycles. The normalized spacial score (nSPS) is 12.1. The number of allylic oxidation sites excluding steroid dienone is 1. The maximum Gasteiger partial charge on any atom is 0.345 e. The third kappa shape index (κ3) is 8.73. The van der Waals surface area contributed by atoms with Gasteiger partial charge < -0.3 is 9.47 Å². The highest BCUT2D eigenvalue weighted by atomic mass is 16.6. The molecular weight excluding hydrogens is 256 g/mol. The summed E-state index contributed by atoms with van der Waals surface area (Å²) in [4.78, 5) is 24.2. The minimum Gasteiger partial charge on any atom is -0.456 e. The maximum absolute atomic E-state index is 12.1. The van der Waals surface area contributed by atoms with Gasteiger partial charge in [0.25, 0.3) is 0 Å². The molecule has 0 aromatic rings. The van der Waals surface area contributed by atoms with Gasteiger partial charge in [-0.25, -0.2) is 9.59 Å². The highest BCUT2D eigenvalue weighted by Gasteiger charge is 2.28. The number of hydrogen-bond donors (Lipinski definition) is 0. The van der Waals surface area contributed by atoms with Gasteiger partial charge in [0.1, 0.15) is 16.8 Å². The van der Waals surface area contributed by atoms with Gasteiger partial charge in [0, 0.05) is 0 Å². The average molecular weight is 284 g/mol. The highest BCUT2D eigenvalue weighted by Crippen LogP contribution is 2.17. The van der Waals surface area contributed by atoms with Crippen LogP contribution < -0.4 is 0 Å². The summed E-state index contributed by atoms with van der Waals surface area (Å²) in [5.74, 6) is -0.922. The fourth-order valence-electron chi connectivity index (χ4n) is 1.27. The molecule has 0 spiro atoms. The number of ether oxygens (including phenoxy) is 2. The van der Waals surface area contributed by atoms with Crippen LogP contribution in [-0.4, -0.2) is 23.1 Å². The second-order valence-corrected chi connectivity index (χ2v) is 7.25. The smallest absolute Gasteiger partial charge is 0.345 e. The zero-order chi connectivity index (χ0) is 16.1. The molecule has 0 aliphatic rings. The molecule has 4 nitrogen and oxygen atoms in total. The van der Waals surface area contributed by atoms with Gasteiger partial charge in [0.2, 0.25) is 0 Å². The van der Waals surface area contributed by atoms with E-state index in [9.17, 15) is 9.59 Å². The van der Waals surface area contributed by atoms with E-state index in [1.807, 2.05) is 13.8 Å². The quantitative estimate of drug-likeness (QED) is 0.342. The van der Waals surface area contributed by atoms with Crippen molar-refractivity contribution >= 4 is 11.9 Å². The Kier molecular flexibility index (Phi) is 6.45. The second-order valence-electron chi connectivity index (χ2n) is 7.25. The minimum atomic E-state index is -0.643. The number of rotatable bonds is 4. The Bertz CT molecular complexity index is 348. The monoisotopic (exact) mass is 284 g/mol. The average Bonchev–Trinajstić information content (AvgIpc) is 2.10. The Morgan fingerprint density at radius 1 is 0.900 bits per heavy atom. The van der Waals surface area contributed by atoms with Gasteiger partial charge in [0.15, 0.2) is 0 Å². The van der Waals surface area contributed by atoms with Crippen molar-refractivity contribution in [1.29, 1.82) is 0 Å². The molecule has 0 amide bonds. The summed E-state index contributed by atoms with van der Waals surface area (Å²) in [5, 5.41) is 0. The zero-order valence-electron chi connectivity index (χ0n) is 14.0. The molecule has 0 aromatic heterocycles.